The average molecular weight is 202 g/mol. The van der Waals surface area contributed by atoms with Crippen LogP contribution in [0.1, 0.15) is 26.7 Å². The van der Waals surface area contributed by atoms with E-state index in [1.807, 2.05) is 18.6 Å². The van der Waals surface area contributed by atoms with Crippen molar-refractivity contribution in [1.29, 1.82) is 5.26 Å². The molecule has 1 N–H and O–H groups in total. The second-order valence-electron chi connectivity index (χ2n) is 3.58. The summed E-state index contributed by atoms with van der Waals surface area (Å²) in [6, 6.07) is 0. The molecular weight excluding hydrogens is 188 g/mol. The van der Waals surface area contributed by atoms with E-state index < -0.39 is 10.0 Å². The smallest absolute Gasteiger partial charge is 0.219 e. The Hall–Kier alpha value is -0.760. The molecule has 3 unspecified atom stereocenters. The summed E-state index contributed by atoms with van der Waals surface area (Å²) < 4.78 is 24.5. The molecule has 0 heterocycles. The zero-order valence-electron chi connectivity index (χ0n) is 7.82. The van der Waals surface area contributed by atoms with Crippen LogP contribution >= 0.6 is 0 Å². The molecule has 0 saturated heterocycles. The molecule has 0 bridgehead atoms. The molecule has 0 amide bonds. The Balaban J connectivity index is 2.57. The summed E-state index contributed by atoms with van der Waals surface area (Å²) in [5.41, 5.74) is 0. The lowest BCUT2D eigenvalue weighted by atomic mass is 10.0. The van der Waals surface area contributed by atoms with Crippen LogP contribution in [0.25, 0.3) is 0 Å². The van der Waals surface area contributed by atoms with E-state index in [4.69, 9.17) is 5.26 Å². The van der Waals surface area contributed by atoms with E-state index in [0.29, 0.717) is 12.3 Å². The zero-order chi connectivity index (χ0) is 10.1. The fraction of sp³-hybridized carbons (Fsp3) is 0.875. The van der Waals surface area contributed by atoms with E-state index in [1.165, 1.54) is 6.19 Å². The van der Waals surface area contributed by atoms with Gasteiger partial charge in [0, 0.05) is 0 Å². The fourth-order valence-corrected chi connectivity index (χ4v) is 3.07. The van der Waals surface area contributed by atoms with Gasteiger partial charge in [0.25, 0.3) is 0 Å². The third-order valence-electron chi connectivity index (χ3n) is 2.74. The summed E-state index contributed by atoms with van der Waals surface area (Å²) in [6.45, 7) is 4.09. The van der Waals surface area contributed by atoms with Crippen molar-refractivity contribution in [1.82, 2.24) is 4.72 Å². The van der Waals surface area contributed by atoms with Crippen molar-refractivity contribution in [2.75, 3.05) is 0 Å². The minimum absolute atomic E-state index is 0.246. The van der Waals surface area contributed by atoms with E-state index in [2.05, 4.69) is 0 Å². The predicted octanol–water partition coefficient (Wildman–Crippen LogP) is 0.821. The van der Waals surface area contributed by atoms with Gasteiger partial charge in [0.15, 0.2) is 6.19 Å². The van der Waals surface area contributed by atoms with Crippen LogP contribution in [0.5, 0.6) is 0 Å². The molecule has 74 valence electrons. The third-order valence-corrected chi connectivity index (χ3v) is 4.46. The van der Waals surface area contributed by atoms with Gasteiger partial charge >= 0.3 is 0 Å². The van der Waals surface area contributed by atoms with Crippen LogP contribution in [-0.2, 0) is 10.0 Å². The highest BCUT2D eigenvalue weighted by Gasteiger charge is 2.49. The SMILES string of the molecule is CCC(C)C1CC1S(=O)(=O)NC#N. The Morgan fingerprint density at radius 3 is 2.77 bits per heavy atom. The molecule has 3 atom stereocenters. The van der Waals surface area contributed by atoms with Crippen molar-refractivity contribution < 1.29 is 8.42 Å². The quantitative estimate of drug-likeness (QED) is 0.542. The normalized spacial score (nSPS) is 29.0. The predicted molar refractivity (Wildman–Crippen MR) is 49.0 cm³/mol. The largest absolute Gasteiger partial charge is 0.244 e. The molecule has 1 fully saturated rings. The molecule has 0 aromatic rings. The van der Waals surface area contributed by atoms with Gasteiger partial charge in [-0.05, 0) is 18.3 Å². The number of sulfonamides is 1. The summed E-state index contributed by atoms with van der Waals surface area (Å²) in [4.78, 5) is 0. The Morgan fingerprint density at radius 2 is 2.31 bits per heavy atom. The van der Waals surface area contributed by atoms with Gasteiger partial charge in [-0.15, -0.1) is 0 Å². The molecule has 1 rings (SSSR count). The average Bonchev–Trinajstić information content (AvgIpc) is 2.82. The van der Waals surface area contributed by atoms with Crippen molar-refractivity contribution in [3.8, 4) is 6.19 Å². The van der Waals surface area contributed by atoms with Crippen LogP contribution in [0, 0.1) is 23.3 Å². The van der Waals surface area contributed by atoms with Crippen LogP contribution in [-0.4, -0.2) is 13.7 Å². The van der Waals surface area contributed by atoms with Gasteiger partial charge in [-0.2, -0.15) is 5.26 Å². The molecule has 0 aromatic carbocycles. The minimum Gasteiger partial charge on any atom is -0.219 e. The molecule has 4 nitrogen and oxygen atoms in total. The van der Waals surface area contributed by atoms with E-state index in [-0.39, 0.29) is 11.2 Å². The van der Waals surface area contributed by atoms with E-state index >= 15 is 0 Å². The first-order valence-corrected chi connectivity index (χ1v) is 5.97. The maximum Gasteiger partial charge on any atom is 0.244 e. The molecule has 0 aliphatic heterocycles. The topological polar surface area (TPSA) is 70.0 Å². The summed E-state index contributed by atoms with van der Waals surface area (Å²) in [6.07, 6.45) is 3.16. The van der Waals surface area contributed by atoms with Crippen LogP contribution < -0.4 is 4.72 Å². The van der Waals surface area contributed by atoms with Crippen LogP contribution in [0.4, 0.5) is 0 Å². The highest BCUT2D eigenvalue weighted by molar-refractivity contribution is 7.90. The molecule has 0 aromatic heterocycles. The Kier molecular flexibility index (Phi) is 2.81. The van der Waals surface area contributed by atoms with Crippen molar-refractivity contribution >= 4 is 10.0 Å². The van der Waals surface area contributed by atoms with Gasteiger partial charge in [0.1, 0.15) is 0 Å². The monoisotopic (exact) mass is 202 g/mol. The van der Waals surface area contributed by atoms with Crippen molar-refractivity contribution in [2.24, 2.45) is 11.8 Å². The van der Waals surface area contributed by atoms with Gasteiger partial charge in [-0.1, -0.05) is 20.3 Å². The molecular formula is C8H14N2O2S. The molecule has 1 aliphatic carbocycles. The summed E-state index contributed by atoms with van der Waals surface area (Å²) >= 11 is 0. The summed E-state index contributed by atoms with van der Waals surface area (Å²) in [5.74, 6) is 0.677. The number of nitriles is 1. The van der Waals surface area contributed by atoms with Crippen molar-refractivity contribution in [2.45, 2.75) is 31.9 Å². The maximum absolute atomic E-state index is 11.3. The summed E-state index contributed by atoms with van der Waals surface area (Å²) in [7, 11) is -3.35. The lowest BCUT2D eigenvalue weighted by Gasteiger charge is -2.06. The van der Waals surface area contributed by atoms with Crippen LogP contribution in [0.15, 0.2) is 0 Å². The summed E-state index contributed by atoms with van der Waals surface area (Å²) in [5, 5.41) is 7.89. The second-order valence-corrected chi connectivity index (χ2v) is 5.48. The van der Waals surface area contributed by atoms with Crippen molar-refractivity contribution in [3.05, 3.63) is 0 Å². The number of hydrogen-bond donors (Lipinski definition) is 1. The molecule has 0 radical (unpaired) electrons. The van der Waals surface area contributed by atoms with Gasteiger partial charge in [0.2, 0.25) is 10.0 Å². The molecule has 1 aliphatic rings. The first-order valence-electron chi connectivity index (χ1n) is 4.42. The van der Waals surface area contributed by atoms with Gasteiger partial charge in [-0.25, -0.2) is 13.1 Å². The Bertz CT molecular complexity index is 318. The first kappa shape index (κ1) is 10.3. The highest BCUT2D eigenvalue weighted by atomic mass is 32.2. The Labute approximate surface area is 79.0 Å². The first-order chi connectivity index (χ1) is 6.03. The van der Waals surface area contributed by atoms with E-state index in [9.17, 15) is 8.42 Å². The zero-order valence-corrected chi connectivity index (χ0v) is 8.63. The molecule has 1 saturated carbocycles. The van der Waals surface area contributed by atoms with Gasteiger partial charge in [0.05, 0.1) is 5.25 Å². The van der Waals surface area contributed by atoms with Crippen molar-refractivity contribution in [3.63, 3.8) is 0 Å². The van der Waals surface area contributed by atoms with Crippen LogP contribution in [0.2, 0.25) is 0 Å². The molecule has 13 heavy (non-hydrogen) atoms. The standard InChI is InChI=1S/C8H14N2O2S/c1-3-6(2)7-4-8(7)13(11,12)10-5-9/h6-8,10H,3-4H2,1-2H3. The highest BCUT2D eigenvalue weighted by Crippen LogP contribution is 2.43. The second kappa shape index (κ2) is 3.54. The van der Waals surface area contributed by atoms with Crippen LogP contribution in [0.3, 0.4) is 0 Å². The number of nitrogens with one attached hydrogen (secondary N) is 1. The fourth-order valence-electron chi connectivity index (χ4n) is 1.59. The number of rotatable bonds is 4. The Morgan fingerprint density at radius 1 is 1.69 bits per heavy atom. The lowest BCUT2D eigenvalue weighted by Crippen LogP contribution is -2.24. The number of nitrogens with zero attached hydrogens (tertiary/aromatic N) is 1. The van der Waals surface area contributed by atoms with E-state index in [0.717, 1.165) is 6.42 Å². The lowest BCUT2D eigenvalue weighted by molar-refractivity contribution is 0.489. The number of hydrogen-bond acceptors (Lipinski definition) is 3. The third kappa shape index (κ3) is 2.13. The van der Waals surface area contributed by atoms with Gasteiger partial charge in [-0.3, -0.25) is 0 Å². The molecule has 0 spiro atoms. The minimum atomic E-state index is -3.35. The van der Waals surface area contributed by atoms with Gasteiger partial charge < -0.3 is 0 Å². The van der Waals surface area contributed by atoms with E-state index in [1.54, 1.807) is 0 Å². The maximum atomic E-state index is 11.3. The molecule has 5 heteroatoms.